The first-order valence-corrected chi connectivity index (χ1v) is 11.6. The predicted molar refractivity (Wildman–Crippen MR) is 112 cm³/mol. The first kappa shape index (κ1) is 22.3. The summed E-state index contributed by atoms with van der Waals surface area (Å²) in [4.78, 5) is 12.5. The first-order valence-electron chi connectivity index (χ1n) is 9.42. The summed E-state index contributed by atoms with van der Waals surface area (Å²) in [6.07, 6.45) is 0. The second-order valence-electron chi connectivity index (χ2n) is 6.90. The summed E-state index contributed by atoms with van der Waals surface area (Å²) in [5, 5.41) is 0.490. The number of sulfonamides is 1. The van der Waals surface area contributed by atoms with Gasteiger partial charge >= 0.3 is 5.97 Å². The summed E-state index contributed by atoms with van der Waals surface area (Å²) < 4.78 is 48.5. The number of carbonyl (C=O) groups excluding carboxylic acids is 1. The standard InChI is InChI=1S/C20H19Cl2NO7S/c21-16-7-14-10-28-12-30-19(14)15(8-16)11-29-20(24)13-1-2-17(22)18(9-13)31(25,26)23-3-5-27-6-4-23/h1-2,7-9H,3-6,10-12H2. The molecule has 0 radical (unpaired) electrons. The second-order valence-corrected chi connectivity index (χ2v) is 9.65. The van der Waals surface area contributed by atoms with Crippen LogP contribution in [0.4, 0.5) is 0 Å². The maximum atomic E-state index is 13.0. The lowest BCUT2D eigenvalue weighted by Crippen LogP contribution is -2.40. The van der Waals surface area contributed by atoms with Crippen LogP contribution in [0.25, 0.3) is 0 Å². The van der Waals surface area contributed by atoms with E-state index >= 15 is 0 Å². The highest BCUT2D eigenvalue weighted by molar-refractivity contribution is 7.89. The Morgan fingerprint density at radius 1 is 1.10 bits per heavy atom. The van der Waals surface area contributed by atoms with Gasteiger partial charge in [0.15, 0.2) is 6.79 Å². The molecule has 2 aromatic carbocycles. The average molecular weight is 488 g/mol. The summed E-state index contributed by atoms with van der Waals surface area (Å²) in [7, 11) is -3.87. The minimum Gasteiger partial charge on any atom is -0.467 e. The van der Waals surface area contributed by atoms with Gasteiger partial charge in [-0.3, -0.25) is 0 Å². The van der Waals surface area contributed by atoms with E-state index in [0.717, 1.165) is 5.56 Å². The largest absolute Gasteiger partial charge is 0.467 e. The van der Waals surface area contributed by atoms with Gasteiger partial charge < -0.3 is 18.9 Å². The number of benzene rings is 2. The molecule has 166 valence electrons. The lowest BCUT2D eigenvalue weighted by atomic mass is 10.1. The summed E-state index contributed by atoms with van der Waals surface area (Å²) >= 11 is 12.3. The molecule has 0 unspecified atom stereocenters. The van der Waals surface area contributed by atoms with Gasteiger partial charge in [-0.25, -0.2) is 13.2 Å². The Labute approximate surface area is 189 Å². The normalized spacial score (nSPS) is 17.0. The molecule has 0 N–H and O–H groups in total. The van der Waals surface area contributed by atoms with Crippen molar-refractivity contribution in [3.63, 3.8) is 0 Å². The van der Waals surface area contributed by atoms with Crippen LogP contribution in [0.1, 0.15) is 21.5 Å². The van der Waals surface area contributed by atoms with Gasteiger partial charge in [0.25, 0.3) is 0 Å². The van der Waals surface area contributed by atoms with Gasteiger partial charge in [0, 0.05) is 29.2 Å². The molecule has 2 aliphatic heterocycles. The topological polar surface area (TPSA) is 91.4 Å². The van der Waals surface area contributed by atoms with Crippen LogP contribution < -0.4 is 4.74 Å². The van der Waals surface area contributed by atoms with E-state index < -0.39 is 16.0 Å². The monoisotopic (exact) mass is 487 g/mol. The highest BCUT2D eigenvalue weighted by Crippen LogP contribution is 2.32. The number of ether oxygens (including phenoxy) is 4. The number of fused-ring (bicyclic) bond motifs is 1. The van der Waals surface area contributed by atoms with Gasteiger partial charge in [-0.2, -0.15) is 4.31 Å². The minimum absolute atomic E-state index is 0.0281. The molecule has 2 heterocycles. The molecule has 2 aliphatic rings. The third-order valence-corrected chi connectivity index (χ3v) is 7.46. The summed E-state index contributed by atoms with van der Waals surface area (Å²) in [6, 6.07) is 7.39. The zero-order valence-corrected chi connectivity index (χ0v) is 18.6. The van der Waals surface area contributed by atoms with Crippen LogP contribution in [0.2, 0.25) is 10.0 Å². The maximum Gasteiger partial charge on any atom is 0.338 e. The Kier molecular flexibility index (Phi) is 6.71. The zero-order valence-electron chi connectivity index (χ0n) is 16.3. The van der Waals surface area contributed by atoms with Crippen LogP contribution in [0.5, 0.6) is 5.75 Å². The van der Waals surface area contributed by atoms with Gasteiger partial charge in [-0.1, -0.05) is 23.2 Å². The zero-order chi connectivity index (χ0) is 22.0. The van der Waals surface area contributed by atoms with Crippen molar-refractivity contribution in [2.75, 3.05) is 33.1 Å². The van der Waals surface area contributed by atoms with E-state index in [-0.39, 0.29) is 42.0 Å². The summed E-state index contributed by atoms with van der Waals surface area (Å²) in [5.41, 5.74) is 1.42. The van der Waals surface area contributed by atoms with E-state index in [1.54, 1.807) is 12.1 Å². The molecule has 4 rings (SSSR count). The number of hydrogen-bond acceptors (Lipinski definition) is 7. The van der Waals surface area contributed by atoms with Crippen molar-refractivity contribution in [1.82, 2.24) is 4.31 Å². The predicted octanol–water partition coefficient (Wildman–Crippen LogP) is 3.24. The Bertz CT molecular complexity index is 1100. The molecule has 0 spiro atoms. The molecule has 0 amide bonds. The van der Waals surface area contributed by atoms with Gasteiger partial charge in [0.2, 0.25) is 10.0 Å². The van der Waals surface area contributed by atoms with E-state index in [4.69, 9.17) is 42.1 Å². The van der Waals surface area contributed by atoms with Crippen molar-refractivity contribution in [2.24, 2.45) is 0 Å². The highest BCUT2D eigenvalue weighted by atomic mass is 35.5. The summed E-state index contributed by atoms with van der Waals surface area (Å²) in [6.45, 7) is 1.38. The number of carbonyl (C=O) groups is 1. The van der Waals surface area contributed by atoms with Crippen LogP contribution in [0.15, 0.2) is 35.2 Å². The number of hydrogen-bond donors (Lipinski definition) is 0. The van der Waals surface area contributed by atoms with Crippen LogP contribution in [0, 0.1) is 0 Å². The van der Waals surface area contributed by atoms with Crippen LogP contribution in [-0.4, -0.2) is 51.8 Å². The average Bonchev–Trinajstić information content (AvgIpc) is 2.78. The third kappa shape index (κ3) is 4.82. The Morgan fingerprint density at radius 3 is 2.65 bits per heavy atom. The Morgan fingerprint density at radius 2 is 1.87 bits per heavy atom. The number of halogens is 2. The number of rotatable bonds is 5. The maximum absolute atomic E-state index is 13.0. The molecule has 0 aromatic heterocycles. The molecule has 8 nitrogen and oxygen atoms in total. The fourth-order valence-electron chi connectivity index (χ4n) is 3.34. The van der Waals surface area contributed by atoms with Crippen molar-refractivity contribution >= 4 is 39.2 Å². The van der Waals surface area contributed by atoms with Crippen LogP contribution in [-0.2, 0) is 37.4 Å². The van der Waals surface area contributed by atoms with Crippen molar-refractivity contribution in [1.29, 1.82) is 0 Å². The van der Waals surface area contributed by atoms with E-state index in [9.17, 15) is 13.2 Å². The van der Waals surface area contributed by atoms with Gasteiger partial charge in [0.1, 0.15) is 17.3 Å². The van der Waals surface area contributed by atoms with Crippen molar-refractivity contribution in [3.05, 3.63) is 57.1 Å². The van der Waals surface area contributed by atoms with Crippen LogP contribution >= 0.6 is 23.2 Å². The Balaban J connectivity index is 1.54. The lowest BCUT2D eigenvalue weighted by molar-refractivity contribution is -0.0180. The lowest BCUT2D eigenvalue weighted by Gasteiger charge is -2.26. The molecule has 0 aliphatic carbocycles. The molecule has 0 atom stereocenters. The van der Waals surface area contributed by atoms with Crippen molar-refractivity contribution in [2.45, 2.75) is 18.1 Å². The Hall–Kier alpha value is -1.88. The van der Waals surface area contributed by atoms with Gasteiger partial charge in [0.05, 0.1) is 30.4 Å². The van der Waals surface area contributed by atoms with E-state index in [1.807, 2.05) is 0 Å². The van der Waals surface area contributed by atoms with Crippen LogP contribution in [0.3, 0.4) is 0 Å². The molecule has 0 bridgehead atoms. The number of esters is 1. The third-order valence-electron chi connectivity index (χ3n) is 4.87. The molecule has 11 heteroatoms. The van der Waals surface area contributed by atoms with Gasteiger partial charge in [-0.15, -0.1) is 0 Å². The van der Waals surface area contributed by atoms with E-state index in [0.29, 0.717) is 36.2 Å². The smallest absolute Gasteiger partial charge is 0.338 e. The number of nitrogens with zero attached hydrogens (tertiary/aromatic N) is 1. The fourth-order valence-corrected chi connectivity index (χ4v) is 5.52. The molecular weight excluding hydrogens is 469 g/mol. The van der Waals surface area contributed by atoms with E-state index in [1.165, 1.54) is 22.5 Å². The quantitative estimate of drug-likeness (QED) is 0.597. The van der Waals surface area contributed by atoms with E-state index in [2.05, 4.69) is 0 Å². The molecule has 31 heavy (non-hydrogen) atoms. The minimum atomic E-state index is -3.87. The van der Waals surface area contributed by atoms with Gasteiger partial charge in [-0.05, 0) is 30.3 Å². The molecule has 1 fully saturated rings. The molecular formula is C20H19Cl2NO7S. The molecule has 2 aromatic rings. The number of morpholine rings is 1. The SMILES string of the molecule is O=C(OCc1cc(Cl)cc2c1OCOC2)c1ccc(Cl)c(S(=O)(=O)N2CCOCC2)c1. The molecule has 0 saturated carbocycles. The fraction of sp³-hybridized carbons (Fsp3) is 0.350. The first-order chi connectivity index (χ1) is 14.9. The molecule has 1 saturated heterocycles. The highest BCUT2D eigenvalue weighted by Gasteiger charge is 2.29. The van der Waals surface area contributed by atoms with Crippen molar-refractivity contribution in [3.8, 4) is 5.75 Å². The summed E-state index contributed by atoms with van der Waals surface area (Å²) in [5.74, 6) is -0.133. The second kappa shape index (κ2) is 9.32. The van der Waals surface area contributed by atoms with Crippen molar-refractivity contribution < 1.29 is 32.2 Å².